The zero-order valence-electron chi connectivity index (χ0n) is 13.2. The van der Waals surface area contributed by atoms with Crippen molar-refractivity contribution in [3.8, 4) is 0 Å². The van der Waals surface area contributed by atoms with Crippen molar-refractivity contribution >= 4 is 35.8 Å². The van der Waals surface area contributed by atoms with E-state index >= 15 is 0 Å². The Kier molecular flexibility index (Phi) is 6.57. The molecule has 0 bridgehead atoms. The van der Waals surface area contributed by atoms with E-state index < -0.39 is 6.04 Å². The highest BCUT2D eigenvalue weighted by Crippen LogP contribution is 2.17. The SMILES string of the molecule is CC(C)N1C(=O)CC(NC(=O)CCc2ccccc2N)C1=O.Cl. The van der Waals surface area contributed by atoms with Gasteiger partial charge in [-0.3, -0.25) is 19.3 Å². The number of amides is 3. The summed E-state index contributed by atoms with van der Waals surface area (Å²) in [6, 6.07) is 6.42. The summed E-state index contributed by atoms with van der Waals surface area (Å²) in [5.41, 5.74) is 7.37. The predicted molar refractivity (Wildman–Crippen MR) is 90.0 cm³/mol. The highest BCUT2D eigenvalue weighted by Gasteiger charge is 2.40. The number of aryl methyl sites for hydroxylation is 1. The normalized spacial score (nSPS) is 17.3. The number of imide groups is 1. The first kappa shape index (κ1) is 19.0. The second-order valence-corrected chi connectivity index (χ2v) is 5.72. The Morgan fingerprint density at radius 2 is 2.00 bits per heavy atom. The number of halogens is 1. The summed E-state index contributed by atoms with van der Waals surface area (Å²) < 4.78 is 0. The van der Waals surface area contributed by atoms with Crippen LogP contribution in [-0.2, 0) is 20.8 Å². The minimum Gasteiger partial charge on any atom is -0.399 e. The number of hydrogen-bond donors (Lipinski definition) is 2. The number of para-hydroxylation sites is 1. The summed E-state index contributed by atoms with van der Waals surface area (Å²) in [6.07, 6.45) is 0.769. The largest absolute Gasteiger partial charge is 0.399 e. The van der Waals surface area contributed by atoms with Gasteiger partial charge in [0, 0.05) is 18.2 Å². The second-order valence-electron chi connectivity index (χ2n) is 5.72. The number of likely N-dealkylation sites (tertiary alicyclic amines) is 1. The topological polar surface area (TPSA) is 92.5 Å². The fourth-order valence-electron chi connectivity index (χ4n) is 2.58. The van der Waals surface area contributed by atoms with Crippen molar-refractivity contribution in [3.63, 3.8) is 0 Å². The summed E-state index contributed by atoms with van der Waals surface area (Å²) in [5.74, 6) is -0.815. The van der Waals surface area contributed by atoms with Crippen molar-refractivity contribution in [2.45, 2.75) is 45.2 Å². The zero-order chi connectivity index (χ0) is 16.3. The molecule has 1 saturated heterocycles. The van der Waals surface area contributed by atoms with Crippen LogP contribution in [0.3, 0.4) is 0 Å². The van der Waals surface area contributed by atoms with Crippen LogP contribution in [0.25, 0.3) is 0 Å². The molecule has 2 rings (SSSR count). The van der Waals surface area contributed by atoms with E-state index in [4.69, 9.17) is 5.73 Å². The van der Waals surface area contributed by atoms with Crippen LogP contribution >= 0.6 is 12.4 Å². The minimum absolute atomic E-state index is 0. The van der Waals surface area contributed by atoms with Crippen LogP contribution in [0.2, 0.25) is 0 Å². The van der Waals surface area contributed by atoms with Gasteiger partial charge in [-0.25, -0.2) is 0 Å². The molecule has 0 saturated carbocycles. The smallest absolute Gasteiger partial charge is 0.252 e. The van der Waals surface area contributed by atoms with E-state index in [0.29, 0.717) is 12.1 Å². The number of carbonyl (C=O) groups excluding carboxylic acids is 3. The number of hydrogen-bond acceptors (Lipinski definition) is 4. The third kappa shape index (κ3) is 4.45. The molecule has 1 heterocycles. The summed E-state index contributed by atoms with van der Waals surface area (Å²) in [5, 5.41) is 2.64. The van der Waals surface area contributed by atoms with Crippen molar-refractivity contribution in [2.24, 2.45) is 0 Å². The fraction of sp³-hybridized carbons (Fsp3) is 0.438. The summed E-state index contributed by atoms with van der Waals surface area (Å²) in [7, 11) is 0. The highest BCUT2D eigenvalue weighted by molar-refractivity contribution is 6.07. The van der Waals surface area contributed by atoms with Gasteiger partial charge in [0.2, 0.25) is 11.8 Å². The first-order chi connectivity index (χ1) is 10.4. The van der Waals surface area contributed by atoms with E-state index in [1.54, 1.807) is 19.9 Å². The molecule has 1 aliphatic rings. The molecule has 0 aliphatic carbocycles. The van der Waals surface area contributed by atoms with Crippen LogP contribution in [0, 0.1) is 0 Å². The zero-order valence-corrected chi connectivity index (χ0v) is 14.1. The molecule has 7 heteroatoms. The predicted octanol–water partition coefficient (Wildman–Crippen LogP) is 1.28. The molecular formula is C16H22ClN3O3. The number of anilines is 1. The van der Waals surface area contributed by atoms with Crippen LogP contribution in [-0.4, -0.2) is 34.7 Å². The third-order valence-corrected chi connectivity index (χ3v) is 3.71. The Morgan fingerprint density at radius 1 is 1.35 bits per heavy atom. The second kappa shape index (κ2) is 7.97. The average molecular weight is 340 g/mol. The molecule has 1 atom stereocenters. The Bertz CT molecular complexity index is 604. The summed E-state index contributed by atoms with van der Waals surface area (Å²) in [6.45, 7) is 3.55. The maximum atomic E-state index is 12.1. The quantitative estimate of drug-likeness (QED) is 0.624. The van der Waals surface area contributed by atoms with Crippen LogP contribution in [0.1, 0.15) is 32.3 Å². The molecule has 3 N–H and O–H groups in total. The van der Waals surface area contributed by atoms with Gasteiger partial charge in [-0.05, 0) is 31.9 Å². The molecule has 23 heavy (non-hydrogen) atoms. The van der Waals surface area contributed by atoms with E-state index in [1.165, 1.54) is 4.90 Å². The molecule has 3 amide bonds. The molecule has 1 fully saturated rings. The molecule has 6 nitrogen and oxygen atoms in total. The molecule has 1 aromatic rings. The van der Waals surface area contributed by atoms with Crippen molar-refractivity contribution in [1.82, 2.24) is 10.2 Å². The van der Waals surface area contributed by atoms with Crippen molar-refractivity contribution in [2.75, 3.05) is 5.73 Å². The fourth-order valence-corrected chi connectivity index (χ4v) is 2.58. The maximum absolute atomic E-state index is 12.1. The third-order valence-electron chi connectivity index (χ3n) is 3.71. The van der Waals surface area contributed by atoms with Gasteiger partial charge < -0.3 is 11.1 Å². The molecule has 1 aliphatic heterocycles. The maximum Gasteiger partial charge on any atom is 0.252 e. The van der Waals surface area contributed by atoms with Crippen molar-refractivity contribution < 1.29 is 14.4 Å². The Hall–Kier alpha value is -2.08. The molecule has 0 spiro atoms. The number of carbonyl (C=O) groups is 3. The highest BCUT2D eigenvalue weighted by atomic mass is 35.5. The lowest BCUT2D eigenvalue weighted by Crippen LogP contribution is -2.43. The lowest BCUT2D eigenvalue weighted by Gasteiger charge is -2.19. The lowest BCUT2D eigenvalue weighted by atomic mass is 10.1. The van der Waals surface area contributed by atoms with Crippen molar-refractivity contribution in [3.05, 3.63) is 29.8 Å². The first-order valence-electron chi connectivity index (χ1n) is 7.38. The van der Waals surface area contributed by atoms with Crippen molar-refractivity contribution in [1.29, 1.82) is 0 Å². The van der Waals surface area contributed by atoms with Gasteiger partial charge in [0.25, 0.3) is 5.91 Å². The molecule has 126 valence electrons. The summed E-state index contributed by atoms with van der Waals surface area (Å²) >= 11 is 0. The number of benzene rings is 1. The number of nitrogens with zero attached hydrogens (tertiary/aromatic N) is 1. The standard InChI is InChI=1S/C16H21N3O3.ClH/c1-10(2)19-15(21)9-13(16(19)22)18-14(20)8-7-11-5-3-4-6-12(11)17;/h3-6,10,13H,7-9,17H2,1-2H3,(H,18,20);1H. The summed E-state index contributed by atoms with van der Waals surface area (Å²) in [4.78, 5) is 37.1. The Balaban J connectivity index is 0.00000264. The first-order valence-corrected chi connectivity index (χ1v) is 7.38. The van der Waals surface area contributed by atoms with Crippen LogP contribution in [0.4, 0.5) is 5.69 Å². The van der Waals surface area contributed by atoms with Crippen LogP contribution in [0.15, 0.2) is 24.3 Å². The van der Waals surface area contributed by atoms with Gasteiger partial charge in [0.15, 0.2) is 0 Å². The number of nitrogens with one attached hydrogen (secondary N) is 1. The van der Waals surface area contributed by atoms with Gasteiger partial charge >= 0.3 is 0 Å². The average Bonchev–Trinajstić information content (AvgIpc) is 2.72. The van der Waals surface area contributed by atoms with Crippen LogP contribution < -0.4 is 11.1 Å². The van der Waals surface area contributed by atoms with Gasteiger partial charge in [-0.2, -0.15) is 0 Å². The van der Waals surface area contributed by atoms with Gasteiger partial charge in [0.05, 0.1) is 6.42 Å². The molecule has 0 radical (unpaired) electrons. The van der Waals surface area contributed by atoms with Crippen LogP contribution in [0.5, 0.6) is 0 Å². The monoisotopic (exact) mass is 339 g/mol. The number of nitrogens with two attached hydrogens (primary N) is 1. The van der Waals surface area contributed by atoms with Gasteiger partial charge in [-0.1, -0.05) is 18.2 Å². The van der Waals surface area contributed by atoms with Gasteiger partial charge in [0.1, 0.15) is 6.04 Å². The molecular weight excluding hydrogens is 318 g/mol. The molecule has 0 aromatic heterocycles. The number of rotatable bonds is 5. The lowest BCUT2D eigenvalue weighted by molar-refractivity contribution is -0.141. The number of nitrogen functional groups attached to an aromatic ring is 1. The van der Waals surface area contributed by atoms with E-state index in [0.717, 1.165) is 5.56 Å². The van der Waals surface area contributed by atoms with E-state index in [1.807, 2.05) is 18.2 Å². The van der Waals surface area contributed by atoms with E-state index in [9.17, 15) is 14.4 Å². The van der Waals surface area contributed by atoms with E-state index in [2.05, 4.69) is 5.32 Å². The molecule has 1 unspecified atom stereocenters. The minimum atomic E-state index is -0.740. The Morgan fingerprint density at radius 3 is 2.57 bits per heavy atom. The molecule has 1 aromatic carbocycles. The van der Waals surface area contributed by atoms with E-state index in [-0.39, 0.29) is 49.0 Å². The Labute approximate surface area is 141 Å². The van der Waals surface area contributed by atoms with Gasteiger partial charge in [-0.15, -0.1) is 12.4 Å².